The maximum absolute atomic E-state index is 13.3. The molecule has 1 aliphatic rings. The van der Waals surface area contributed by atoms with E-state index in [9.17, 15) is 4.79 Å². The average molecular weight is 349 g/mol. The molecule has 1 amide bonds. The van der Waals surface area contributed by atoms with Crippen molar-refractivity contribution in [1.29, 1.82) is 0 Å². The van der Waals surface area contributed by atoms with Crippen LogP contribution in [-0.4, -0.2) is 31.7 Å². The van der Waals surface area contributed by atoms with Crippen LogP contribution in [0.5, 0.6) is 0 Å². The van der Waals surface area contributed by atoms with Crippen molar-refractivity contribution >= 4 is 22.5 Å². The van der Waals surface area contributed by atoms with Gasteiger partial charge in [-0.25, -0.2) is 9.67 Å². The van der Waals surface area contributed by atoms with Crippen molar-refractivity contribution in [3.8, 4) is 0 Å². The molecule has 0 radical (unpaired) electrons. The van der Waals surface area contributed by atoms with E-state index in [-0.39, 0.29) is 17.9 Å². The Kier molecular flexibility index (Phi) is 4.18. The summed E-state index contributed by atoms with van der Waals surface area (Å²) >= 11 is 0. The predicted molar refractivity (Wildman–Crippen MR) is 101 cm³/mol. The third-order valence-electron chi connectivity index (χ3n) is 4.92. The normalized spacial score (nSPS) is 16.7. The summed E-state index contributed by atoms with van der Waals surface area (Å²) in [5, 5.41) is 5.47. The molecule has 0 saturated heterocycles. The van der Waals surface area contributed by atoms with E-state index in [4.69, 9.17) is 0 Å². The molecule has 4 rings (SSSR count). The second-order valence-electron chi connectivity index (χ2n) is 7.18. The van der Waals surface area contributed by atoms with Crippen LogP contribution in [0.2, 0.25) is 0 Å². The monoisotopic (exact) mass is 349 g/mol. The van der Waals surface area contributed by atoms with E-state index in [1.165, 1.54) is 0 Å². The van der Waals surface area contributed by atoms with Gasteiger partial charge in [-0.05, 0) is 39.3 Å². The van der Waals surface area contributed by atoms with Gasteiger partial charge in [0.05, 0.1) is 29.9 Å². The van der Waals surface area contributed by atoms with Gasteiger partial charge in [0.25, 0.3) is 0 Å². The number of anilines is 1. The average Bonchev–Trinajstić information content (AvgIpc) is 3.00. The molecule has 0 saturated carbocycles. The maximum atomic E-state index is 13.3. The molecule has 3 heterocycles. The lowest BCUT2D eigenvalue weighted by molar-refractivity contribution is -0.123. The van der Waals surface area contributed by atoms with Gasteiger partial charge in [-0.3, -0.25) is 9.78 Å². The predicted octanol–water partition coefficient (Wildman–Crippen LogP) is 3.14. The van der Waals surface area contributed by atoms with Gasteiger partial charge < -0.3 is 4.90 Å². The Balaban J connectivity index is 1.64. The van der Waals surface area contributed by atoms with Crippen molar-refractivity contribution in [2.45, 2.75) is 46.2 Å². The fourth-order valence-electron chi connectivity index (χ4n) is 3.70. The summed E-state index contributed by atoms with van der Waals surface area (Å²) in [5.74, 6) is 1.80. The highest BCUT2D eigenvalue weighted by Crippen LogP contribution is 2.27. The van der Waals surface area contributed by atoms with Crippen LogP contribution in [0.25, 0.3) is 10.9 Å². The number of pyridine rings is 1. The minimum Gasteiger partial charge on any atom is -0.308 e. The lowest BCUT2D eigenvalue weighted by Crippen LogP contribution is -2.44. The molecule has 1 atom stereocenters. The molecule has 3 aromatic rings. The van der Waals surface area contributed by atoms with Crippen LogP contribution in [0.4, 0.5) is 5.69 Å². The highest BCUT2D eigenvalue weighted by Gasteiger charge is 2.31. The summed E-state index contributed by atoms with van der Waals surface area (Å²) in [6, 6.07) is 10.1. The number of rotatable bonds is 3. The van der Waals surface area contributed by atoms with Crippen molar-refractivity contribution < 1.29 is 4.79 Å². The van der Waals surface area contributed by atoms with E-state index in [1.807, 2.05) is 60.7 Å². The number of aromatic nitrogens is 4. The molecule has 1 unspecified atom stereocenters. The number of carbonyl (C=O) groups excluding carboxylic acids is 1. The van der Waals surface area contributed by atoms with Crippen molar-refractivity contribution in [2.75, 3.05) is 4.90 Å². The third kappa shape index (κ3) is 2.96. The Labute approximate surface area is 152 Å². The van der Waals surface area contributed by atoms with E-state index in [0.717, 1.165) is 41.1 Å². The zero-order chi connectivity index (χ0) is 18.3. The van der Waals surface area contributed by atoms with Gasteiger partial charge in [0.15, 0.2) is 0 Å². The second-order valence-corrected chi connectivity index (χ2v) is 7.18. The number of hydrogen-bond donors (Lipinski definition) is 0. The standard InChI is InChI=1S/C20H23N5O/c1-13(2)25(17-10-15-6-4-5-7-18(15)21-11-17)20(26)16-8-9-19-22-14(3)23-24(19)12-16/h4-7,10-11,13,16H,8-9,12H2,1-3H3. The van der Waals surface area contributed by atoms with Crippen molar-refractivity contribution in [3.63, 3.8) is 0 Å². The van der Waals surface area contributed by atoms with Gasteiger partial charge in [-0.1, -0.05) is 18.2 Å². The second kappa shape index (κ2) is 6.52. The van der Waals surface area contributed by atoms with Crippen LogP contribution < -0.4 is 4.90 Å². The van der Waals surface area contributed by atoms with Crippen LogP contribution in [0, 0.1) is 12.8 Å². The van der Waals surface area contributed by atoms with Crippen LogP contribution in [0.15, 0.2) is 36.5 Å². The summed E-state index contributed by atoms with van der Waals surface area (Å²) in [5.41, 5.74) is 1.79. The number of carbonyl (C=O) groups is 1. The summed E-state index contributed by atoms with van der Waals surface area (Å²) in [6.45, 7) is 6.57. The molecule has 0 spiro atoms. The number of nitrogens with zero attached hydrogens (tertiary/aromatic N) is 5. The lowest BCUT2D eigenvalue weighted by atomic mass is 9.97. The van der Waals surface area contributed by atoms with Crippen molar-refractivity contribution in [3.05, 3.63) is 48.2 Å². The third-order valence-corrected chi connectivity index (χ3v) is 4.92. The molecule has 0 fully saturated rings. The zero-order valence-electron chi connectivity index (χ0n) is 15.4. The number of aryl methyl sites for hydroxylation is 2. The van der Waals surface area contributed by atoms with E-state index in [0.29, 0.717) is 6.54 Å². The first kappa shape index (κ1) is 16.7. The number of para-hydroxylation sites is 1. The first-order valence-corrected chi connectivity index (χ1v) is 9.11. The maximum Gasteiger partial charge on any atom is 0.232 e. The molecule has 6 nitrogen and oxygen atoms in total. The number of amides is 1. The minimum atomic E-state index is -0.0857. The summed E-state index contributed by atoms with van der Waals surface area (Å²) < 4.78 is 1.89. The van der Waals surface area contributed by atoms with Gasteiger partial charge in [-0.15, -0.1) is 0 Å². The van der Waals surface area contributed by atoms with Crippen molar-refractivity contribution in [2.24, 2.45) is 5.92 Å². The first-order chi connectivity index (χ1) is 12.5. The summed E-state index contributed by atoms with van der Waals surface area (Å²) in [4.78, 5) is 24.2. The Bertz CT molecular complexity index is 962. The van der Waals surface area contributed by atoms with Crippen LogP contribution in [-0.2, 0) is 17.8 Å². The molecule has 6 heteroatoms. The molecule has 2 aromatic heterocycles. The molecule has 134 valence electrons. The first-order valence-electron chi connectivity index (χ1n) is 9.11. The van der Waals surface area contributed by atoms with E-state index >= 15 is 0 Å². The molecule has 1 aliphatic heterocycles. The molecule has 0 N–H and O–H groups in total. The molecule has 1 aromatic carbocycles. The summed E-state index contributed by atoms with van der Waals surface area (Å²) in [7, 11) is 0. The van der Waals surface area contributed by atoms with Crippen LogP contribution in [0.3, 0.4) is 0 Å². The highest BCUT2D eigenvalue weighted by atomic mass is 16.2. The van der Waals surface area contributed by atoms with Gasteiger partial charge >= 0.3 is 0 Å². The number of fused-ring (bicyclic) bond motifs is 2. The Morgan fingerprint density at radius 3 is 2.92 bits per heavy atom. The minimum absolute atomic E-state index is 0.0596. The van der Waals surface area contributed by atoms with Gasteiger partial charge in [0, 0.05) is 17.8 Å². The molecule has 0 bridgehead atoms. The SMILES string of the molecule is Cc1nc2n(n1)CC(C(=O)N(c1cnc3ccccc3c1)C(C)C)CC2. The number of benzene rings is 1. The Morgan fingerprint density at radius 2 is 2.12 bits per heavy atom. The van der Waals surface area contributed by atoms with E-state index < -0.39 is 0 Å². The molecule has 0 aliphatic carbocycles. The fourth-order valence-corrected chi connectivity index (χ4v) is 3.70. The van der Waals surface area contributed by atoms with Crippen LogP contribution in [0.1, 0.15) is 31.9 Å². The molecular formula is C20H23N5O. The van der Waals surface area contributed by atoms with E-state index in [1.54, 1.807) is 6.20 Å². The molecular weight excluding hydrogens is 326 g/mol. The van der Waals surface area contributed by atoms with Crippen molar-refractivity contribution in [1.82, 2.24) is 19.7 Å². The summed E-state index contributed by atoms with van der Waals surface area (Å²) in [6.07, 6.45) is 3.40. The Morgan fingerprint density at radius 1 is 1.31 bits per heavy atom. The molecule has 26 heavy (non-hydrogen) atoms. The Hall–Kier alpha value is -2.76. The number of hydrogen-bond acceptors (Lipinski definition) is 4. The highest BCUT2D eigenvalue weighted by molar-refractivity contribution is 5.97. The lowest BCUT2D eigenvalue weighted by Gasteiger charge is -2.32. The largest absolute Gasteiger partial charge is 0.308 e. The van der Waals surface area contributed by atoms with E-state index in [2.05, 4.69) is 15.1 Å². The van der Waals surface area contributed by atoms with Gasteiger partial charge in [0.1, 0.15) is 11.6 Å². The smallest absolute Gasteiger partial charge is 0.232 e. The zero-order valence-corrected chi connectivity index (χ0v) is 15.4. The van der Waals surface area contributed by atoms with Gasteiger partial charge in [0.2, 0.25) is 5.91 Å². The quantitative estimate of drug-likeness (QED) is 0.729. The fraction of sp³-hybridized carbons (Fsp3) is 0.400. The van der Waals surface area contributed by atoms with Gasteiger partial charge in [-0.2, -0.15) is 5.10 Å². The topological polar surface area (TPSA) is 63.9 Å². The van der Waals surface area contributed by atoms with Crippen LogP contribution >= 0.6 is 0 Å².